The monoisotopic (exact) mass is 552 g/mol. The topological polar surface area (TPSA) is 93.1 Å². The molecule has 2 aromatic carbocycles. The molecule has 7 nitrogen and oxygen atoms in total. The minimum Gasteiger partial charge on any atom is -0.320 e. The Hall–Kier alpha value is -4.64. The summed E-state index contributed by atoms with van der Waals surface area (Å²) in [5, 5.41) is 5.30. The molecule has 0 spiro atoms. The van der Waals surface area contributed by atoms with E-state index in [2.05, 4.69) is 15.6 Å². The van der Waals surface area contributed by atoms with Crippen molar-refractivity contribution >= 4 is 17.4 Å². The molecule has 40 heavy (non-hydrogen) atoms. The van der Waals surface area contributed by atoms with Crippen molar-refractivity contribution in [2.75, 3.05) is 12.4 Å². The number of rotatable bonds is 8. The second-order valence-electron chi connectivity index (χ2n) is 9.02. The summed E-state index contributed by atoms with van der Waals surface area (Å²) in [5.41, 5.74) is -0.550. The van der Waals surface area contributed by atoms with E-state index in [1.54, 1.807) is 14.0 Å². The Kier molecular flexibility index (Phi) is 8.24. The van der Waals surface area contributed by atoms with Crippen molar-refractivity contribution in [1.82, 2.24) is 14.9 Å². The molecule has 206 valence electrons. The highest BCUT2D eigenvalue weighted by Crippen LogP contribution is 2.32. The molecule has 0 fully saturated rings. The molecule has 0 aliphatic rings. The molecule has 0 aliphatic carbocycles. The molecule has 0 aliphatic heterocycles. The van der Waals surface area contributed by atoms with Crippen LogP contribution in [-0.4, -0.2) is 34.3 Å². The van der Waals surface area contributed by atoms with E-state index in [4.69, 9.17) is 0 Å². The summed E-state index contributed by atoms with van der Waals surface area (Å²) in [7, 11) is 1.58. The summed E-state index contributed by atoms with van der Waals surface area (Å²) in [6.07, 6.45) is -1.86. The van der Waals surface area contributed by atoms with Gasteiger partial charge in [0, 0.05) is 23.5 Å². The van der Waals surface area contributed by atoms with E-state index in [9.17, 15) is 31.9 Å². The van der Waals surface area contributed by atoms with Crippen molar-refractivity contribution in [2.45, 2.75) is 25.7 Å². The van der Waals surface area contributed by atoms with E-state index in [0.29, 0.717) is 5.56 Å². The molecule has 1 atom stereocenters. The third-order valence-electron chi connectivity index (χ3n) is 6.25. The zero-order valence-corrected chi connectivity index (χ0v) is 21.4. The van der Waals surface area contributed by atoms with Gasteiger partial charge in [0.05, 0.1) is 23.8 Å². The summed E-state index contributed by atoms with van der Waals surface area (Å²) >= 11 is 0. The van der Waals surface area contributed by atoms with Crippen LogP contribution in [0.25, 0.3) is 11.3 Å². The lowest BCUT2D eigenvalue weighted by atomic mass is 10.0. The average Bonchev–Trinajstić information content (AvgIpc) is 2.94. The number of carbonyl (C=O) groups is 2. The highest BCUT2D eigenvalue weighted by molar-refractivity contribution is 6.08. The summed E-state index contributed by atoms with van der Waals surface area (Å²) in [6.45, 7) is 1.42. The van der Waals surface area contributed by atoms with E-state index in [0.717, 1.165) is 24.3 Å². The number of carbonyl (C=O) groups excluding carboxylic acids is 2. The van der Waals surface area contributed by atoms with Crippen LogP contribution in [0.3, 0.4) is 0 Å². The van der Waals surface area contributed by atoms with Gasteiger partial charge in [-0.3, -0.25) is 19.4 Å². The van der Waals surface area contributed by atoms with Gasteiger partial charge in [0.2, 0.25) is 5.91 Å². The predicted octanol–water partition coefficient (Wildman–Crippen LogP) is 4.89. The molecule has 4 rings (SSSR count). The van der Waals surface area contributed by atoms with Gasteiger partial charge in [0.1, 0.15) is 11.5 Å². The normalized spacial score (nSPS) is 12.2. The molecule has 0 saturated heterocycles. The number of likely N-dealkylation sites (N-methyl/N-ethyl adjacent to an activating group) is 1. The molecule has 2 aromatic heterocycles. The zero-order valence-electron chi connectivity index (χ0n) is 21.4. The maximum Gasteiger partial charge on any atom is 0.416 e. The lowest BCUT2D eigenvalue weighted by Crippen LogP contribution is -2.37. The lowest BCUT2D eigenvalue weighted by molar-refractivity contribution is -0.137. The Morgan fingerprint density at radius 2 is 1.70 bits per heavy atom. The van der Waals surface area contributed by atoms with E-state index < -0.39 is 40.8 Å². The predicted molar refractivity (Wildman–Crippen MR) is 141 cm³/mol. The zero-order chi connectivity index (χ0) is 29.0. The highest BCUT2D eigenvalue weighted by atomic mass is 19.4. The van der Waals surface area contributed by atoms with E-state index in [1.165, 1.54) is 59.4 Å². The van der Waals surface area contributed by atoms with Crippen LogP contribution in [0.15, 0.2) is 83.9 Å². The number of aromatic nitrogens is 2. The van der Waals surface area contributed by atoms with Crippen LogP contribution in [-0.2, 0) is 17.5 Å². The van der Waals surface area contributed by atoms with E-state index in [1.807, 2.05) is 0 Å². The number of amides is 1. The number of hydrogen-bond donors (Lipinski definition) is 2. The van der Waals surface area contributed by atoms with Gasteiger partial charge in [-0.15, -0.1) is 0 Å². The average molecular weight is 553 g/mol. The van der Waals surface area contributed by atoms with Crippen LogP contribution in [0.1, 0.15) is 34.0 Å². The number of alkyl halides is 3. The number of benzene rings is 2. The SMILES string of the molecule is CN[C@@H](C)C(=O)Nc1ccc(-c2cccc(C(F)(F)F)c2)n(Cc2cncc(C(=O)c3ccc(F)cc3)c2)c1=O. The molecule has 1 amide bonds. The number of hydrogen-bond acceptors (Lipinski definition) is 5. The first-order valence-corrected chi connectivity index (χ1v) is 12.1. The summed E-state index contributed by atoms with van der Waals surface area (Å²) in [4.78, 5) is 43.0. The van der Waals surface area contributed by atoms with E-state index in [-0.39, 0.29) is 34.6 Å². The van der Waals surface area contributed by atoms with Gasteiger partial charge in [-0.25, -0.2) is 4.39 Å². The molecule has 0 unspecified atom stereocenters. The summed E-state index contributed by atoms with van der Waals surface area (Å²) in [5.74, 6) is -1.41. The molecular weight excluding hydrogens is 528 g/mol. The first-order valence-electron chi connectivity index (χ1n) is 12.1. The van der Waals surface area contributed by atoms with Gasteiger partial charge < -0.3 is 15.2 Å². The summed E-state index contributed by atoms with van der Waals surface area (Å²) < 4.78 is 54.8. The number of nitrogens with zero attached hydrogens (tertiary/aromatic N) is 2. The molecule has 2 heterocycles. The molecule has 0 radical (unpaired) electrons. The Balaban J connectivity index is 1.78. The number of nitrogens with one attached hydrogen (secondary N) is 2. The third-order valence-corrected chi connectivity index (χ3v) is 6.25. The first kappa shape index (κ1) is 28.4. The van der Waals surface area contributed by atoms with Crippen LogP contribution < -0.4 is 16.2 Å². The fourth-order valence-electron chi connectivity index (χ4n) is 3.96. The fourth-order valence-corrected chi connectivity index (χ4v) is 3.96. The molecule has 2 N–H and O–H groups in total. The Morgan fingerprint density at radius 1 is 0.975 bits per heavy atom. The number of pyridine rings is 2. The second-order valence-corrected chi connectivity index (χ2v) is 9.02. The van der Waals surface area contributed by atoms with Gasteiger partial charge in [-0.05, 0) is 79.7 Å². The van der Waals surface area contributed by atoms with Crippen molar-refractivity contribution in [1.29, 1.82) is 0 Å². The van der Waals surface area contributed by atoms with Crippen LogP contribution in [0.5, 0.6) is 0 Å². The number of halogens is 4. The first-order chi connectivity index (χ1) is 19.0. The maximum absolute atomic E-state index is 13.6. The Bertz CT molecular complexity index is 1620. The molecule has 4 aromatic rings. The molecule has 11 heteroatoms. The lowest BCUT2D eigenvalue weighted by Gasteiger charge is -2.18. The van der Waals surface area contributed by atoms with Gasteiger partial charge in [-0.1, -0.05) is 12.1 Å². The minimum absolute atomic E-state index is 0.0747. The molecular formula is C29H24F4N4O3. The van der Waals surface area contributed by atoms with Crippen molar-refractivity contribution in [3.63, 3.8) is 0 Å². The largest absolute Gasteiger partial charge is 0.416 e. The van der Waals surface area contributed by atoms with Gasteiger partial charge in [0.25, 0.3) is 5.56 Å². The van der Waals surface area contributed by atoms with Gasteiger partial charge >= 0.3 is 6.18 Å². The smallest absolute Gasteiger partial charge is 0.320 e. The van der Waals surface area contributed by atoms with Crippen molar-refractivity contribution in [2.24, 2.45) is 0 Å². The van der Waals surface area contributed by atoms with Crippen LogP contribution >= 0.6 is 0 Å². The van der Waals surface area contributed by atoms with E-state index >= 15 is 0 Å². The van der Waals surface area contributed by atoms with Crippen molar-refractivity contribution < 1.29 is 27.2 Å². The highest BCUT2D eigenvalue weighted by Gasteiger charge is 2.30. The Morgan fingerprint density at radius 3 is 2.38 bits per heavy atom. The number of ketones is 1. The third kappa shape index (κ3) is 6.32. The fraction of sp³-hybridized carbons (Fsp3) is 0.172. The quantitative estimate of drug-likeness (QED) is 0.240. The standard InChI is InChI=1S/C29H24F4N4O3/c1-17(34-2)27(39)36-24-10-11-25(20-4-3-5-22(13-20)29(31,32)33)37(28(24)40)16-18-12-21(15-35-14-18)26(38)19-6-8-23(30)9-7-19/h3-15,17,34H,16H2,1-2H3,(H,36,39)/t17-/m0/s1. The minimum atomic E-state index is -4.60. The summed E-state index contributed by atoms with van der Waals surface area (Å²) in [6, 6.07) is 13.2. The Labute approximate surface area is 226 Å². The second kappa shape index (κ2) is 11.6. The van der Waals surface area contributed by atoms with Gasteiger partial charge in [-0.2, -0.15) is 13.2 Å². The van der Waals surface area contributed by atoms with Crippen molar-refractivity contribution in [3.8, 4) is 11.3 Å². The molecule has 0 saturated carbocycles. The number of anilines is 1. The van der Waals surface area contributed by atoms with Crippen molar-refractivity contribution in [3.05, 3.63) is 118 Å². The van der Waals surface area contributed by atoms with Crippen LogP contribution in [0.4, 0.5) is 23.2 Å². The maximum atomic E-state index is 13.6. The van der Waals surface area contributed by atoms with Gasteiger partial charge in [0.15, 0.2) is 5.78 Å². The van der Waals surface area contributed by atoms with Crippen LogP contribution in [0, 0.1) is 5.82 Å². The van der Waals surface area contributed by atoms with Crippen LogP contribution in [0.2, 0.25) is 0 Å². The molecule has 0 bridgehead atoms.